The van der Waals surface area contributed by atoms with Crippen molar-refractivity contribution >= 4 is 57.6 Å². The molecule has 2 unspecified atom stereocenters. The van der Waals surface area contributed by atoms with Crippen molar-refractivity contribution in [3.63, 3.8) is 0 Å². The molecule has 1 aliphatic carbocycles. The molecule has 0 saturated carbocycles. The minimum atomic E-state index is -0.478. The van der Waals surface area contributed by atoms with Gasteiger partial charge in [0, 0.05) is 21.0 Å². The van der Waals surface area contributed by atoms with Crippen LogP contribution >= 0.6 is 23.1 Å². The molecule has 0 fully saturated rings. The quantitative estimate of drug-likeness (QED) is 0.130. The van der Waals surface area contributed by atoms with Crippen LogP contribution in [-0.2, 0) is 22.4 Å². The molecule has 3 amide bonds. The number of carbonyl (C=O) groups excluding carboxylic acids is 3. The second-order valence-corrected chi connectivity index (χ2v) is 13.7. The number of hydrogen-bond donors (Lipinski definition) is 3. The van der Waals surface area contributed by atoms with Crippen molar-refractivity contribution in [2.75, 3.05) is 10.6 Å². The van der Waals surface area contributed by atoms with Crippen molar-refractivity contribution in [2.24, 2.45) is 5.92 Å². The maximum atomic E-state index is 13.5. The monoisotopic (exact) mass is 634 g/mol. The molecule has 228 valence electrons. The molecule has 1 aromatic heterocycles. The Balaban J connectivity index is 1.28. The average Bonchev–Trinajstić information content (AvgIpc) is 3.36. The van der Waals surface area contributed by atoms with Crippen molar-refractivity contribution in [1.82, 2.24) is 5.32 Å². The minimum absolute atomic E-state index is 0.0987. The van der Waals surface area contributed by atoms with Gasteiger partial charge in [0.1, 0.15) is 16.8 Å². The van der Waals surface area contributed by atoms with Gasteiger partial charge in [-0.25, -0.2) is 0 Å². The van der Waals surface area contributed by atoms with E-state index in [2.05, 4.69) is 28.9 Å². The highest BCUT2D eigenvalue weighted by atomic mass is 32.2. The van der Waals surface area contributed by atoms with E-state index in [0.29, 0.717) is 27.7 Å². The Kier molecular flexibility index (Phi) is 10.2. The molecule has 0 bridgehead atoms. The summed E-state index contributed by atoms with van der Waals surface area (Å²) < 4.78 is 0. The van der Waals surface area contributed by atoms with Gasteiger partial charge in [0.25, 0.3) is 11.8 Å². The van der Waals surface area contributed by atoms with Crippen LogP contribution in [0.25, 0.3) is 6.08 Å². The number of rotatable bonds is 9. The Bertz CT molecular complexity index is 1810. The molecule has 7 nitrogen and oxygen atoms in total. The third kappa shape index (κ3) is 8.09. The zero-order valence-corrected chi connectivity index (χ0v) is 27.0. The maximum Gasteiger partial charge on any atom is 0.272 e. The van der Waals surface area contributed by atoms with Crippen LogP contribution in [-0.4, -0.2) is 23.0 Å². The van der Waals surface area contributed by atoms with Gasteiger partial charge in [-0.15, -0.1) is 23.1 Å². The molecule has 3 N–H and O–H groups in total. The molecule has 1 heterocycles. The summed E-state index contributed by atoms with van der Waals surface area (Å²) in [7, 11) is 0. The summed E-state index contributed by atoms with van der Waals surface area (Å²) >= 11 is 2.87. The van der Waals surface area contributed by atoms with Crippen LogP contribution in [0.5, 0.6) is 0 Å². The fraction of sp³-hybridized carbons (Fsp3) is 0.222. The Hall–Kier alpha value is -4.65. The van der Waals surface area contributed by atoms with E-state index in [9.17, 15) is 19.6 Å². The van der Waals surface area contributed by atoms with Gasteiger partial charge < -0.3 is 16.0 Å². The Morgan fingerprint density at radius 2 is 1.80 bits per heavy atom. The molecule has 4 aromatic rings. The molecule has 0 spiro atoms. The highest BCUT2D eigenvalue weighted by Gasteiger charge is 2.26. The fourth-order valence-corrected chi connectivity index (χ4v) is 7.43. The SMILES string of the molecule is Cc1cccc(/C=C(/NC(=O)c2ccccc2)C(=O)Nc2cccc(SC(C)C(=O)Nc3sc4c(c3C#N)CCC(C)C4)c2)c1. The summed E-state index contributed by atoms with van der Waals surface area (Å²) in [5.41, 5.74) is 4.53. The number of benzene rings is 3. The third-order valence-electron chi connectivity index (χ3n) is 7.52. The van der Waals surface area contributed by atoms with Crippen LogP contribution in [0.4, 0.5) is 10.7 Å². The number of thiophene rings is 1. The normalized spacial score (nSPS) is 14.9. The Labute approximate surface area is 271 Å². The molecule has 5 rings (SSSR count). The Morgan fingerprint density at radius 3 is 2.56 bits per heavy atom. The molecule has 1 aliphatic rings. The van der Waals surface area contributed by atoms with Crippen molar-refractivity contribution in [3.05, 3.63) is 117 Å². The number of amides is 3. The van der Waals surface area contributed by atoms with E-state index >= 15 is 0 Å². The van der Waals surface area contributed by atoms with Crippen LogP contribution in [0.1, 0.15) is 57.8 Å². The van der Waals surface area contributed by atoms with Crippen molar-refractivity contribution in [3.8, 4) is 6.07 Å². The van der Waals surface area contributed by atoms with Crippen LogP contribution in [0.15, 0.2) is 89.5 Å². The van der Waals surface area contributed by atoms with Crippen molar-refractivity contribution in [2.45, 2.75) is 50.2 Å². The third-order valence-corrected chi connectivity index (χ3v) is 9.78. The molecular formula is C36H34N4O3S2. The summed E-state index contributed by atoms with van der Waals surface area (Å²) in [5.74, 6) is -0.490. The van der Waals surface area contributed by atoms with Gasteiger partial charge in [-0.1, -0.05) is 61.0 Å². The lowest BCUT2D eigenvalue weighted by Gasteiger charge is -2.17. The predicted molar refractivity (Wildman–Crippen MR) is 182 cm³/mol. The maximum absolute atomic E-state index is 13.5. The van der Waals surface area contributed by atoms with Crippen LogP contribution < -0.4 is 16.0 Å². The number of hydrogen-bond acceptors (Lipinski definition) is 6. The minimum Gasteiger partial charge on any atom is -0.321 e. The number of thioether (sulfide) groups is 1. The van der Waals surface area contributed by atoms with Gasteiger partial charge in [-0.2, -0.15) is 5.26 Å². The number of aryl methyl sites for hydroxylation is 1. The molecule has 0 saturated heterocycles. The molecule has 3 aromatic carbocycles. The standard InChI is InChI=1S/C36H34N4O3S2/c1-22-9-7-10-25(17-22)19-31(39-34(42)26-11-5-4-6-12-26)35(43)38-27-13-8-14-28(20-27)44-24(3)33(41)40-36-30(21-37)29-16-15-23(2)18-32(29)45-36/h4-14,17,19-20,23-24H,15-16,18H2,1-3H3,(H,38,43)(H,39,42)(H,40,41)/b31-19+. The summed E-state index contributed by atoms with van der Waals surface area (Å²) in [5, 5.41) is 18.6. The summed E-state index contributed by atoms with van der Waals surface area (Å²) in [6.07, 6.45) is 4.50. The van der Waals surface area contributed by atoms with E-state index in [1.165, 1.54) is 28.0 Å². The molecule has 0 aliphatic heterocycles. The lowest BCUT2D eigenvalue weighted by Crippen LogP contribution is -2.30. The number of fused-ring (bicyclic) bond motifs is 1. The second-order valence-electron chi connectivity index (χ2n) is 11.2. The molecule has 0 radical (unpaired) electrons. The van der Waals surface area contributed by atoms with Gasteiger partial charge in [-0.05, 0) is 86.6 Å². The fourth-order valence-electron chi connectivity index (χ4n) is 5.14. The van der Waals surface area contributed by atoms with Crippen LogP contribution in [0, 0.1) is 24.2 Å². The first-order valence-corrected chi connectivity index (χ1v) is 16.5. The lowest BCUT2D eigenvalue weighted by molar-refractivity contribution is -0.115. The number of nitriles is 1. The topological polar surface area (TPSA) is 111 Å². The summed E-state index contributed by atoms with van der Waals surface area (Å²) in [4.78, 5) is 41.6. The first-order valence-electron chi connectivity index (χ1n) is 14.8. The van der Waals surface area contributed by atoms with E-state index in [0.717, 1.165) is 40.8 Å². The zero-order chi connectivity index (χ0) is 31.9. The molecule has 9 heteroatoms. The number of nitrogens with one attached hydrogen (secondary N) is 3. The van der Waals surface area contributed by atoms with E-state index < -0.39 is 17.1 Å². The van der Waals surface area contributed by atoms with Crippen molar-refractivity contribution in [1.29, 1.82) is 5.26 Å². The Morgan fingerprint density at radius 1 is 1.02 bits per heavy atom. The van der Waals surface area contributed by atoms with E-state index in [-0.39, 0.29) is 11.6 Å². The average molecular weight is 635 g/mol. The molecule has 45 heavy (non-hydrogen) atoms. The number of nitrogens with zero attached hydrogens (tertiary/aromatic N) is 1. The van der Waals surface area contributed by atoms with E-state index in [1.54, 1.807) is 48.5 Å². The van der Waals surface area contributed by atoms with Gasteiger partial charge >= 0.3 is 0 Å². The van der Waals surface area contributed by atoms with Gasteiger partial charge in [-0.3, -0.25) is 14.4 Å². The lowest BCUT2D eigenvalue weighted by atomic mass is 9.89. The smallest absolute Gasteiger partial charge is 0.272 e. The zero-order valence-electron chi connectivity index (χ0n) is 25.3. The highest BCUT2D eigenvalue weighted by molar-refractivity contribution is 8.00. The van der Waals surface area contributed by atoms with Crippen LogP contribution in [0.2, 0.25) is 0 Å². The van der Waals surface area contributed by atoms with E-state index in [1.807, 2.05) is 50.2 Å². The van der Waals surface area contributed by atoms with Crippen LogP contribution in [0.3, 0.4) is 0 Å². The van der Waals surface area contributed by atoms with E-state index in [4.69, 9.17) is 0 Å². The largest absolute Gasteiger partial charge is 0.321 e. The van der Waals surface area contributed by atoms with Gasteiger partial charge in [0.05, 0.1) is 10.8 Å². The molecular weight excluding hydrogens is 601 g/mol. The first kappa shape index (κ1) is 31.8. The predicted octanol–water partition coefficient (Wildman–Crippen LogP) is 7.58. The number of carbonyl (C=O) groups is 3. The summed E-state index contributed by atoms with van der Waals surface area (Å²) in [6.45, 7) is 5.99. The van der Waals surface area contributed by atoms with Gasteiger partial charge in [0.15, 0.2) is 0 Å². The summed E-state index contributed by atoms with van der Waals surface area (Å²) in [6, 6.07) is 25.9. The van der Waals surface area contributed by atoms with Gasteiger partial charge in [0.2, 0.25) is 5.91 Å². The first-order chi connectivity index (χ1) is 21.7. The number of anilines is 2. The second kappa shape index (κ2) is 14.4. The highest BCUT2D eigenvalue weighted by Crippen LogP contribution is 2.39. The van der Waals surface area contributed by atoms with Crippen molar-refractivity contribution < 1.29 is 14.4 Å². The molecule has 2 atom stereocenters.